The van der Waals surface area contributed by atoms with Crippen molar-refractivity contribution in [3.05, 3.63) is 70.8 Å². The van der Waals surface area contributed by atoms with Gasteiger partial charge in [0.05, 0.1) is 36.4 Å². The van der Waals surface area contributed by atoms with Crippen LogP contribution in [-0.2, 0) is 48.3 Å². The standard InChI is InChI=1S/C35H51F2N3O7S.C2HF3O2/c1-4-8-30(9-5-2)48(44,45)23-32(40-35(43)47-29-12-14-46-15-13-29)34(42)39-31(19-26-17-27(36)20-28(37)18-26)33(41)22-38-21-25-11-7-10-24(6-3)16-25;3-2(4,5)1(6)7/h7,10-11,16-18,20,29-33,38,41H,4-6,8-9,12-15,19,21-23H2,1-3H3,(H,39,42)(H,40,43);(H,6,7)/t31-,32-,33+;/m0./s1. The van der Waals surface area contributed by atoms with Crippen molar-refractivity contribution in [3.63, 3.8) is 0 Å². The fourth-order valence-corrected chi connectivity index (χ4v) is 8.00. The number of benzene rings is 2. The van der Waals surface area contributed by atoms with Gasteiger partial charge in [0.25, 0.3) is 0 Å². The van der Waals surface area contributed by atoms with Crippen molar-refractivity contribution in [2.75, 3.05) is 25.5 Å². The van der Waals surface area contributed by atoms with Crippen LogP contribution in [0.5, 0.6) is 0 Å². The SMILES string of the molecule is CCCC(CCC)S(=O)(=O)C[C@H](NC(=O)OC1CCOCC1)C(=O)N[C@@H](Cc1cc(F)cc(F)c1)[C@H](O)CNCc1cccc(CC)c1.O=C(O)C(F)(F)F. The van der Waals surface area contributed by atoms with Crippen LogP contribution < -0.4 is 16.0 Å². The lowest BCUT2D eigenvalue weighted by Crippen LogP contribution is -2.57. The number of aryl methyl sites for hydroxylation is 1. The van der Waals surface area contributed by atoms with Crippen LogP contribution in [0.2, 0.25) is 0 Å². The molecule has 0 radical (unpaired) electrons. The summed E-state index contributed by atoms with van der Waals surface area (Å²) in [5.74, 6) is -5.95. The summed E-state index contributed by atoms with van der Waals surface area (Å²) in [5.41, 5.74) is 2.31. The van der Waals surface area contributed by atoms with Crippen LogP contribution in [0.15, 0.2) is 42.5 Å². The molecule has 0 unspecified atom stereocenters. The maximum Gasteiger partial charge on any atom is 0.490 e. The highest BCUT2D eigenvalue weighted by Crippen LogP contribution is 2.19. The minimum absolute atomic E-state index is 0.00361. The van der Waals surface area contributed by atoms with Gasteiger partial charge in [0.1, 0.15) is 23.8 Å². The summed E-state index contributed by atoms with van der Waals surface area (Å²) in [5, 5.41) is 26.0. The molecule has 2 aromatic rings. The Kier molecular flexibility index (Phi) is 20.0. The van der Waals surface area contributed by atoms with Gasteiger partial charge < -0.3 is 35.6 Å². The Labute approximate surface area is 318 Å². The third kappa shape index (κ3) is 17.6. The molecule has 1 saturated heterocycles. The first-order valence-corrected chi connectivity index (χ1v) is 19.9. The molecule has 0 bridgehead atoms. The summed E-state index contributed by atoms with van der Waals surface area (Å²) in [6.07, 6.45) is -4.08. The van der Waals surface area contributed by atoms with E-state index in [-0.39, 0.29) is 18.5 Å². The van der Waals surface area contributed by atoms with Crippen molar-refractivity contribution in [2.24, 2.45) is 0 Å². The van der Waals surface area contributed by atoms with Gasteiger partial charge in [-0.05, 0) is 54.5 Å². The molecule has 0 saturated carbocycles. The van der Waals surface area contributed by atoms with Crippen molar-refractivity contribution >= 4 is 27.8 Å². The molecule has 3 atom stereocenters. The van der Waals surface area contributed by atoms with Gasteiger partial charge in [-0.25, -0.2) is 26.8 Å². The van der Waals surface area contributed by atoms with E-state index < -0.39 is 80.9 Å². The topological polar surface area (TPSA) is 180 Å². The first-order valence-electron chi connectivity index (χ1n) is 18.2. The summed E-state index contributed by atoms with van der Waals surface area (Å²) in [4.78, 5) is 35.7. The monoisotopic (exact) mass is 809 g/mol. The van der Waals surface area contributed by atoms with Crippen LogP contribution in [0.4, 0.5) is 26.7 Å². The summed E-state index contributed by atoms with van der Waals surface area (Å²) in [7, 11) is -3.87. The summed E-state index contributed by atoms with van der Waals surface area (Å²) < 4.78 is 97.9. The van der Waals surface area contributed by atoms with Crippen LogP contribution >= 0.6 is 0 Å². The smallest absolute Gasteiger partial charge is 0.475 e. The quantitative estimate of drug-likeness (QED) is 0.121. The van der Waals surface area contributed by atoms with Crippen molar-refractivity contribution in [1.29, 1.82) is 0 Å². The number of hydrogen-bond donors (Lipinski definition) is 5. The Morgan fingerprint density at radius 1 is 0.927 bits per heavy atom. The number of hydrogen-bond acceptors (Lipinski definition) is 9. The first-order chi connectivity index (χ1) is 25.9. The largest absolute Gasteiger partial charge is 0.490 e. The van der Waals surface area contributed by atoms with Gasteiger partial charge in [-0.15, -0.1) is 0 Å². The molecular weight excluding hydrogens is 757 g/mol. The normalized spacial score (nSPS) is 15.3. The number of rotatable bonds is 19. The second-order valence-corrected chi connectivity index (χ2v) is 15.5. The molecule has 18 heteroatoms. The number of nitrogens with one attached hydrogen (secondary N) is 3. The number of aliphatic carboxylic acids is 1. The number of carbonyl (C=O) groups excluding carboxylic acids is 2. The van der Waals surface area contributed by atoms with Crippen LogP contribution in [-0.4, -0.2) is 97.8 Å². The van der Waals surface area contributed by atoms with Gasteiger partial charge in [-0.3, -0.25) is 4.79 Å². The molecule has 0 spiro atoms. The van der Waals surface area contributed by atoms with Gasteiger partial charge in [-0.1, -0.05) is 57.9 Å². The second kappa shape index (κ2) is 23.3. The second-order valence-electron chi connectivity index (χ2n) is 13.2. The number of carboxylic acids is 1. The van der Waals surface area contributed by atoms with Crippen molar-refractivity contribution in [2.45, 2.75) is 114 Å². The highest BCUT2D eigenvalue weighted by atomic mass is 32.2. The lowest BCUT2D eigenvalue weighted by atomic mass is 10.00. The van der Waals surface area contributed by atoms with E-state index >= 15 is 0 Å². The highest BCUT2D eigenvalue weighted by molar-refractivity contribution is 7.92. The number of carboxylic acid groups (broad SMARTS) is 1. The van der Waals surface area contributed by atoms with E-state index in [9.17, 15) is 45.1 Å². The van der Waals surface area contributed by atoms with E-state index in [4.69, 9.17) is 19.4 Å². The van der Waals surface area contributed by atoms with Crippen molar-refractivity contribution in [1.82, 2.24) is 16.0 Å². The van der Waals surface area contributed by atoms with Crippen LogP contribution in [0.1, 0.15) is 76.0 Å². The highest BCUT2D eigenvalue weighted by Gasteiger charge is 2.38. The fraction of sp³-hybridized carbons (Fsp3) is 0.595. The van der Waals surface area contributed by atoms with E-state index in [1.807, 2.05) is 45.0 Å². The van der Waals surface area contributed by atoms with Crippen LogP contribution in [0, 0.1) is 11.6 Å². The van der Waals surface area contributed by atoms with Crippen molar-refractivity contribution in [3.8, 4) is 0 Å². The molecule has 2 aromatic carbocycles. The molecule has 2 amide bonds. The third-order valence-corrected chi connectivity index (χ3v) is 11.0. The number of amides is 2. The molecule has 5 N–H and O–H groups in total. The molecule has 310 valence electrons. The molecule has 1 fully saturated rings. The number of sulfone groups is 1. The molecule has 12 nitrogen and oxygen atoms in total. The lowest BCUT2D eigenvalue weighted by Gasteiger charge is -2.29. The van der Waals surface area contributed by atoms with Crippen molar-refractivity contribution < 1.29 is 64.4 Å². The number of alkyl halides is 3. The number of ether oxygens (including phenoxy) is 2. The first kappa shape index (κ1) is 47.3. The number of aliphatic hydroxyl groups is 1. The van der Waals surface area contributed by atoms with E-state index in [1.54, 1.807) is 0 Å². The Morgan fingerprint density at radius 2 is 1.51 bits per heavy atom. The minimum atomic E-state index is -5.08. The molecule has 0 aromatic heterocycles. The van der Waals surface area contributed by atoms with E-state index in [0.29, 0.717) is 58.3 Å². The van der Waals surface area contributed by atoms with Gasteiger partial charge in [0.15, 0.2) is 9.84 Å². The van der Waals surface area contributed by atoms with E-state index in [1.165, 1.54) is 0 Å². The number of alkyl carbamates (subject to hydrolysis) is 1. The predicted octanol–water partition coefficient (Wildman–Crippen LogP) is 5.00. The third-order valence-electron chi connectivity index (χ3n) is 8.67. The van der Waals surface area contributed by atoms with Gasteiger partial charge >= 0.3 is 18.2 Å². The van der Waals surface area contributed by atoms with Gasteiger partial charge in [0, 0.05) is 32.0 Å². The zero-order valence-electron chi connectivity index (χ0n) is 31.2. The fourth-order valence-electron chi connectivity index (χ4n) is 5.84. The van der Waals surface area contributed by atoms with Gasteiger partial charge in [0.2, 0.25) is 5.91 Å². The maximum atomic E-state index is 14.1. The number of carbonyl (C=O) groups is 3. The van der Waals surface area contributed by atoms with E-state index in [0.717, 1.165) is 35.7 Å². The summed E-state index contributed by atoms with van der Waals surface area (Å²) in [6, 6.07) is 8.19. The zero-order chi connectivity index (χ0) is 41.2. The minimum Gasteiger partial charge on any atom is -0.475 e. The average molecular weight is 810 g/mol. The molecule has 1 aliphatic heterocycles. The molecule has 55 heavy (non-hydrogen) atoms. The zero-order valence-corrected chi connectivity index (χ0v) is 32.0. The average Bonchev–Trinajstić information content (AvgIpc) is 3.10. The van der Waals surface area contributed by atoms with Crippen LogP contribution in [0.25, 0.3) is 0 Å². The molecule has 0 aliphatic carbocycles. The molecule has 1 aliphatic rings. The van der Waals surface area contributed by atoms with E-state index in [2.05, 4.69) is 16.0 Å². The summed E-state index contributed by atoms with van der Waals surface area (Å²) >= 11 is 0. The Bertz CT molecular complexity index is 1600. The Hall–Kier alpha value is -3.87. The Balaban J connectivity index is 0.00000136. The molecular formula is C37H52F5N3O9S. The molecule has 1 heterocycles. The predicted molar refractivity (Wildman–Crippen MR) is 194 cm³/mol. The van der Waals surface area contributed by atoms with Crippen LogP contribution in [0.3, 0.4) is 0 Å². The lowest BCUT2D eigenvalue weighted by molar-refractivity contribution is -0.192. The molecule has 3 rings (SSSR count). The summed E-state index contributed by atoms with van der Waals surface area (Å²) in [6.45, 7) is 7.02. The number of aliphatic hydroxyl groups excluding tert-OH is 1. The maximum absolute atomic E-state index is 14.1. The Morgan fingerprint density at radius 3 is 2.05 bits per heavy atom. The van der Waals surface area contributed by atoms with Gasteiger partial charge in [-0.2, -0.15) is 13.2 Å². The number of halogens is 5.